The number of ether oxygens (including phenoxy) is 1. The van der Waals surface area contributed by atoms with Gasteiger partial charge in [-0.15, -0.1) is 11.3 Å². The molecule has 1 aromatic heterocycles. The molecule has 2 rings (SSSR count). The maximum absolute atomic E-state index is 12.1. The molecule has 2 heterocycles. The van der Waals surface area contributed by atoms with E-state index in [0.29, 0.717) is 38.7 Å². The fourth-order valence-electron chi connectivity index (χ4n) is 2.21. The quantitative estimate of drug-likeness (QED) is 0.862. The third kappa shape index (κ3) is 5.09. The van der Waals surface area contributed by atoms with Crippen molar-refractivity contribution in [3.8, 4) is 0 Å². The molecule has 1 N–H and O–H groups in total. The van der Waals surface area contributed by atoms with E-state index in [9.17, 15) is 9.59 Å². The first-order valence-electron chi connectivity index (χ1n) is 7.82. The van der Waals surface area contributed by atoms with Crippen LogP contribution in [-0.4, -0.2) is 60.2 Å². The van der Waals surface area contributed by atoms with Gasteiger partial charge in [0, 0.05) is 38.0 Å². The Bertz CT molecular complexity index is 547. The number of hydrogen-bond acceptors (Lipinski definition) is 5. The molecule has 1 aliphatic heterocycles. The highest BCUT2D eigenvalue weighted by Crippen LogP contribution is 2.19. The predicted octanol–water partition coefficient (Wildman–Crippen LogP) is 2.25. The molecule has 3 amide bonds. The molecule has 128 valence electrons. The van der Waals surface area contributed by atoms with E-state index >= 15 is 0 Å². The minimum absolute atomic E-state index is 0.172. The van der Waals surface area contributed by atoms with Crippen molar-refractivity contribution in [1.29, 1.82) is 0 Å². The van der Waals surface area contributed by atoms with Gasteiger partial charge in [0.15, 0.2) is 0 Å². The van der Waals surface area contributed by atoms with E-state index < -0.39 is 0 Å². The second kappa shape index (κ2) is 8.14. The number of nitrogens with one attached hydrogen (secondary N) is 1. The van der Waals surface area contributed by atoms with Crippen LogP contribution < -0.4 is 5.32 Å². The number of rotatable bonds is 6. The topological polar surface area (TPSA) is 74.8 Å². The van der Waals surface area contributed by atoms with Crippen LogP contribution in [0.3, 0.4) is 0 Å². The van der Waals surface area contributed by atoms with Gasteiger partial charge in [0.1, 0.15) is 0 Å². The molecule has 8 heteroatoms. The number of urea groups is 1. The lowest BCUT2D eigenvalue weighted by molar-refractivity contribution is 0.0733. The Hall–Kier alpha value is -1.83. The maximum Gasteiger partial charge on any atom is 0.409 e. The molecule has 7 nitrogen and oxygen atoms in total. The van der Waals surface area contributed by atoms with E-state index in [1.54, 1.807) is 28.2 Å². The third-order valence-electron chi connectivity index (χ3n) is 3.52. The zero-order valence-corrected chi connectivity index (χ0v) is 14.7. The number of aromatic nitrogens is 1. The van der Waals surface area contributed by atoms with Gasteiger partial charge in [0.05, 0.1) is 23.9 Å². The molecule has 0 unspecified atom stereocenters. The maximum atomic E-state index is 12.1. The summed E-state index contributed by atoms with van der Waals surface area (Å²) in [7, 11) is 1.74. The van der Waals surface area contributed by atoms with Gasteiger partial charge in [-0.2, -0.15) is 0 Å². The minimum atomic E-state index is -0.303. The van der Waals surface area contributed by atoms with Crippen LogP contribution >= 0.6 is 11.3 Å². The van der Waals surface area contributed by atoms with Gasteiger partial charge in [0.2, 0.25) is 0 Å². The van der Waals surface area contributed by atoms with Gasteiger partial charge in [-0.05, 0) is 6.42 Å². The fourth-order valence-corrected chi connectivity index (χ4v) is 3.03. The Balaban J connectivity index is 1.72. The van der Waals surface area contributed by atoms with Gasteiger partial charge < -0.3 is 19.9 Å². The zero-order chi connectivity index (χ0) is 16.8. The summed E-state index contributed by atoms with van der Waals surface area (Å²) in [5.41, 5.74) is 0.899. The van der Waals surface area contributed by atoms with Crippen molar-refractivity contribution >= 4 is 23.5 Å². The molecule has 0 spiro atoms. The third-order valence-corrected chi connectivity index (χ3v) is 4.72. The van der Waals surface area contributed by atoms with E-state index in [1.807, 2.05) is 5.38 Å². The van der Waals surface area contributed by atoms with Crippen molar-refractivity contribution in [2.75, 3.05) is 33.3 Å². The molecule has 1 aliphatic rings. The van der Waals surface area contributed by atoms with Gasteiger partial charge >= 0.3 is 12.1 Å². The van der Waals surface area contributed by atoms with Crippen LogP contribution in [0, 0.1) is 0 Å². The lowest BCUT2D eigenvalue weighted by Gasteiger charge is -2.26. The molecule has 0 saturated carbocycles. The molecular formula is C15H24N4O3S. The van der Waals surface area contributed by atoms with Crippen LogP contribution in [0.1, 0.15) is 36.9 Å². The largest absolute Gasteiger partial charge is 0.449 e. The van der Waals surface area contributed by atoms with E-state index in [-0.39, 0.29) is 12.1 Å². The van der Waals surface area contributed by atoms with Crippen molar-refractivity contribution in [1.82, 2.24) is 20.1 Å². The van der Waals surface area contributed by atoms with Crippen molar-refractivity contribution in [2.45, 2.75) is 32.7 Å². The Morgan fingerprint density at radius 2 is 2.35 bits per heavy atom. The van der Waals surface area contributed by atoms with E-state index in [4.69, 9.17) is 4.74 Å². The molecule has 1 aromatic rings. The number of cyclic esters (lactones) is 1. The lowest BCUT2D eigenvalue weighted by atomic mass is 10.2. The highest BCUT2D eigenvalue weighted by Gasteiger charge is 2.19. The van der Waals surface area contributed by atoms with Crippen LogP contribution in [0.15, 0.2) is 5.38 Å². The van der Waals surface area contributed by atoms with Crippen LogP contribution in [0.4, 0.5) is 9.59 Å². The average Bonchev–Trinajstić information content (AvgIpc) is 2.97. The van der Waals surface area contributed by atoms with Crippen molar-refractivity contribution < 1.29 is 14.3 Å². The molecule has 1 fully saturated rings. The number of nitrogens with zero attached hydrogens (tertiary/aromatic N) is 3. The van der Waals surface area contributed by atoms with Gasteiger partial charge in [0.25, 0.3) is 0 Å². The number of carbonyl (C=O) groups excluding carboxylic acids is 2. The Labute approximate surface area is 140 Å². The molecular weight excluding hydrogens is 316 g/mol. The normalized spacial score (nSPS) is 14.8. The standard InChI is InChI=1S/C15H24N4O3S/c1-11(2)13-17-12(10-23-13)9-18(3)14(20)16-5-7-19-6-4-8-22-15(19)21/h10-11H,4-9H2,1-3H3,(H,16,20). The summed E-state index contributed by atoms with van der Waals surface area (Å²) < 4.78 is 4.95. The monoisotopic (exact) mass is 340 g/mol. The summed E-state index contributed by atoms with van der Waals surface area (Å²) in [6.45, 7) is 6.72. The molecule has 1 saturated heterocycles. The first-order chi connectivity index (χ1) is 11.0. The minimum Gasteiger partial charge on any atom is -0.449 e. The molecule has 0 aromatic carbocycles. The Morgan fingerprint density at radius 1 is 1.57 bits per heavy atom. The summed E-state index contributed by atoms with van der Waals surface area (Å²) in [5.74, 6) is 0.400. The predicted molar refractivity (Wildman–Crippen MR) is 88.6 cm³/mol. The van der Waals surface area contributed by atoms with E-state index in [1.165, 1.54) is 0 Å². The smallest absolute Gasteiger partial charge is 0.409 e. The van der Waals surface area contributed by atoms with Crippen LogP contribution in [0.5, 0.6) is 0 Å². The summed E-state index contributed by atoms with van der Waals surface area (Å²) in [5, 5.41) is 5.88. The van der Waals surface area contributed by atoms with Crippen LogP contribution in [0.25, 0.3) is 0 Å². The molecule has 0 radical (unpaired) electrons. The second-order valence-corrected chi connectivity index (χ2v) is 6.76. The number of carbonyl (C=O) groups is 2. The Kier molecular flexibility index (Phi) is 6.20. The van der Waals surface area contributed by atoms with Gasteiger partial charge in [-0.1, -0.05) is 13.8 Å². The summed E-state index contributed by atoms with van der Waals surface area (Å²) >= 11 is 1.62. The summed E-state index contributed by atoms with van der Waals surface area (Å²) in [6.07, 6.45) is 0.532. The van der Waals surface area contributed by atoms with Gasteiger partial charge in [-0.3, -0.25) is 0 Å². The second-order valence-electron chi connectivity index (χ2n) is 5.87. The SMILES string of the molecule is CC(C)c1nc(CN(C)C(=O)NCCN2CCCOC2=O)cs1. The van der Waals surface area contributed by atoms with Crippen molar-refractivity contribution in [3.63, 3.8) is 0 Å². The molecule has 0 aliphatic carbocycles. The highest BCUT2D eigenvalue weighted by molar-refractivity contribution is 7.09. The van der Waals surface area contributed by atoms with Crippen LogP contribution in [-0.2, 0) is 11.3 Å². The first-order valence-corrected chi connectivity index (χ1v) is 8.70. The van der Waals surface area contributed by atoms with Crippen molar-refractivity contribution in [3.05, 3.63) is 16.1 Å². The van der Waals surface area contributed by atoms with E-state index in [2.05, 4.69) is 24.1 Å². The number of hydrogen-bond donors (Lipinski definition) is 1. The molecule has 0 bridgehead atoms. The van der Waals surface area contributed by atoms with Crippen LogP contribution in [0.2, 0.25) is 0 Å². The number of amides is 3. The zero-order valence-electron chi connectivity index (χ0n) is 13.9. The number of thiazole rings is 1. The van der Waals surface area contributed by atoms with Gasteiger partial charge in [-0.25, -0.2) is 14.6 Å². The first kappa shape index (κ1) is 17.5. The summed E-state index contributed by atoms with van der Waals surface area (Å²) in [6, 6.07) is -0.172. The molecule has 23 heavy (non-hydrogen) atoms. The average molecular weight is 340 g/mol. The summed E-state index contributed by atoms with van der Waals surface area (Å²) in [4.78, 5) is 31.3. The van der Waals surface area contributed by atoms with Crippen molar-refractivity contribution in [2.24, 2.45) is 0 Å². The highest BCUT2D eigenvalue weighted by atomic mass is 32.1. The van der Waals surface area contributed by atoms with E-state index in [0.717, 1.165) is 17.1 Å². The Morgan fingerprint density at radius 3 is 3.00 bits per heavy atom. The molecule has 0 atom stereocenters. The lowest BCUT2D eigenvalue weighted by Crippen LogP contribution is -2.44. The fraction of sp³-hybridized carbons (Fsp3) is 0.667.